The molecule has 0 rings (SSSR count). The maximum absolute atomic E-state index is 12.8. The summed E-state index contributed by atoms with van der Waals surface area (Å²) in [7, 11) is 0. The smallest absolute Gasteiger partial charge is 0.326 e. The van der Waals surface area contributed by atoms with Crippen LogP contribution in [0.5, 0.6) is 0 Å². The number of rotatable bonds is 16. The van der Waals surface area contributed by atoms with E-state index in [9.17, 15) is 29.1 Å². The summed E-state index contributed by atoms with van der Waals surface area (Å²) in [6, 6.07) is -4.94. The molecule has 0 radical (unpaired) electrons. The minimum atomic E-state index is -1.55. The van der Waals surface area contributed by atoms with E-state index in [1.165, 1.54) is 0 Å². The summed E-state index contributed by atoms with van der Waals surface area (Å²) in [5, 5.41) is 25.4. The Morgan fingerprint density at radius 1 is 0.875 bits per heavy atom. The number of hydrogen-bond acceptors (Lipinski definition) is 8. The molecular weight excluding hydrogens is 424 g/mol. The van der Waals surface area contributed by atoms with Crippen LogP contribution < -0.4 is 33.2 Å². The molecule has 11 N–H and O–H groups in total. The molecule has 0 aliphatic carbocycles. The topological polar surface area (TPSA) is 240 Å². The lowest BCUT2D eigenvalue weighted by Gasteiger charge is -2.25. The first-order valence-electron chi connectivity index (χ1n) is 10.4. The molecule has 0 spiro atoms. The van der Waals surface area contributed by atoms with Crippen LogP contribution in [0.15, 0.2) is 0 Å². The van der Waals surface area contributed by atoms with Crippen molar-refractivity contribution in [1.82, 2.24) is 16.0 Å². The second kappa shape index (κ2) is 15.1. The molecule has 32 heavy (non-hydrogen) atoms. The quantitative estimate of drug-likeness (QED) is 0.109. The van der Waals surface area contributed by atoms with E-state index in [1.807, 2.05) is 13.8 Å². The summed E-state index contributed by atoms with van der Waals surface area (Å²) < 4.78 is 0. The SMILES string of the molecule is CC(C)CC(NC(=O)C(N)CO)C(=O)NC(CCCCN)C(=O)NC(CC(N)=O)C(=O)O. The second-order valence-electron chi connectivity index (χ2n) is 7.90. The Balaban J connectivity index is 5.48. The number of aliphatic carboxylic acids is 1. The highest BCUT2D eigenvalue weighted by atomic mass is 16.4. The van der Waals surface area contributed by atoms with Crippen molar-refractivity contribution in [2.45, 2.75) is 70.1 Å². The third-order valence-electron chi connectivity index (χ3n) is 4.47. The normalized spacial score (nSPS) is 14.7. The van der Waals surface area contributed by atoms with E-state index in [1.54, 1.807) is 0 Å². The monoisotopic (exact) mass is 460 g/mol. The molecular formula is C19H36N6O7. The minimum Gasteiger partial charge on any atom is -0.480 e. The number of amides is 4. The lowest BCUT2D eigenvalue weighted by Crippen LogP contribution is -2.57. The van der Waals surface area contributed by atoms with Gasteiger partial charge in [-0.2, -0.15) is 0 Å². The molecule has 0 fully saturated rings. The number of nitrogens with one attached hydrogen (secondary N) is 3. The summed E-state index contributed by atoms with van der Waals surface area (Å²) in [5.41, 5.74) is 16.0. The van der Waals surface area contributed by atoms with Crippen LogP contribution in [-0.2, 0) is 24.0 Å². The van der Waals surface area contributed by atoms with Crippen molar-refractivity contribution in [1.29, 1.82) is 0 Å². The van der Waals surface area contributed by atoms with Gasteiger partial charge in [0.15, 0.2) is 0 Å². The molecule has 0 bridgehead atoms. The van der Waals surface area contributed by atoms with E-state index < -0.39 is 66.8 Å². The Kier molecular flexibility index (Phi) is 13.8. The zero-order chi connectivity index (χ0) is 24.8. The first kappa shape index (κ1) is 29.2. The molecule has 0 aliphatic heterocycles. The first-order valence-corrected chi connectivity index (χ1v) is 10.4. The van der Waals surface area contributed by atoms with Crippen LogP contribution in [-0.4, -0.2) is 77.1 Å². The summed E-state index contributed by atoms with van der Waals surface area (Å²) in [6.45, 7) is 3.39. The number of carboxylic acid groups (broad SMARTS) is 1. The third-order valence-corrected chi connectivity index (χ3v) is 4.47. The summed E-state index contributed by atoms with van der Waals surface area (Å²) in [6.07, 6.45) is 0.776. The molecule has 4 atom stereocenters. The molecule has 0 saturated carbocycles. The molecule has 13 heteroatoms. The molecule has 0 saturated heterocycles. The van der Waals surface area contributed by atoms with Crippen LogP contribution >= 0.6 is 0 Å². The largest absolute Gasteiger partial charge is 0.480 e. The Labute approximate surface area is 186 Å². The van der Waals surface area contributed by atoms with Gasteiger partial charge in [0.1, 0.15) is 24.2 Å². The fourth-order valence-electron chi connectivity index (χ4n) is 2.77. The number of hydrogen-bond donors (Lipinski definition) is 8. The summed E-state index contributed by atoms with van der Waals surface area (Å²) in [4.78, 5) is 60.0. The van der Waals surface area contributed by atoms with Crippen LogP contribution in [0.4, 0.5) is 0 Å². The Morgan fingerprint density at radius 2 is 1.41 bits per heavy atom. The molecule has 0 aromatic heterocycles. The van der Waals surface area contributed by atoms with Crippen molar-refractivity contribution in [2.24, 2.45) is 23.1 Å². The van der Waals surface area contributed by atoms with E-state index in [-0.39, 0.29) is 18.8 Å². The van der Waals surface area contributed by atoms with Gasteiger partial charge in [0.05, 0.1) is 13.0 Å². The van der Waals surface area contributed by atoms with E-state index >= 15 is 0 Å². The molecule has 13 nitrogen and oxygen atoms in total. The number of primary amides is 1. The third kappa shape index (κ3) is 11.6. The van der Waals surface area contributed by atoms with E-state index in [4.69, 9.17) is 22.3 Å². The predicted molar refractivity (Wildman–Crippen MR) is 115 cm³/mol. The Morgan fingerprint density at radius 3 is 1.88 bits per heavy atom. The van der Waals surface area contributed by atoms with Crippen LogP contribution in [0.25, 0.3) is 0 Å². The van der Waals surface area contributed by atoms with E-state index in [0.29, 0.717) is 19.4 Å². The average Bonchev–Trinajstić information content (AvgIpc) is 2.70. The van der Waals surface area contributed by atoms with Gasteiger partial charge in [-0.05, 0) is 38.1 Å². The number of aliphatic hydroxyl groups is 1. The highest BCUT2D eigenvalue weighted by molar-refractivity contribution is 5.94. The first-order chi connectivity index (χ1) is 14.9. The highest BCUT2D eigenvalue weighted by Crippen LogP contribution is 2.08. The molecule has 0 aromatic rings. The van der Waals surface area contributed by atoms with Gasteiger partial charge in [0.25, 0.3) is 0 Å². The fraction of sp³-hybridized carbons (Fsp3) is 0.737. The highest BCUT2D eigenvalue weighted by Gasteiger charge is 2.30. The Bertz CT molecular complexity index is 658. The number of carboxylic acids is 1. The number of unbranched alkanes of at least 4 members (excludes halogenated alkanes) is 1. The van der Waals surface area contributed by atoms with Gasteiger partial charge in [0, 0.05) is 0 Å². The minimum absolute atomic E-state index is 0.00660. The lowest BCUT2D eigenvalue weighted by molar-refractivity contribution is -0.143. The van der Waals surface area contributed by atoms with Crippen molar-refractivity contribution < 1.29 is 34.2 Å². The van der Waals surface area contributed by atoms with Gasteiger partial charge in [-0.25, -0.2) is 4.79 Å². The van der Waals surface area contributed by atoms with Gasteiger partial charge in [-0.3, -0.25) is 19.2 Å². The number of carbonyl (C=O) groups is 5. The average molecular weight is 461 g/mol. The Hall–Kier alpha value is -2.77. The number of carbonyl (C=O) groups excluding carboxylic acids is 4. The van der Waals surface area contributed by atoms with Gasteiger partial charge in [-0.15, -0.1) is 0 Å². The lowest BCUT2D eigenvalue weighted by atomic mass is 10.0. The van der Waals surface area contributed by atoms with E-state index in [2.05, 4.69) is 16.0 Å². The van der Waals surface area contributed by atoms with Crippen molar-refractivity contribution in [3.05, 3.63) is 0 Å². The van der Waals surface area contributed by atoms with Crippen molar-refractivity contribution in [3.8, 4) is 0 Å². The number of aliphatic hydroxyl groups excluding tert-OH is 1. The maximum atomic E-state index is 12.8. The predicted octanol–water partition coefficient (Wildman–Crippen LogP) is -3.10. The van der Waals surface area contributed by atoms with Crippen LogP contribution in [0.3, 0.4) is 0 Å². The van der Waals surface area contributed by atoms with Crippen molar-refractivity contribution in [3.63, 3.8) is 0 Å². The van der Waals surface area contributed by atoms with Crippen LogP contribution in [0.1, 0.15) is 46.0 Å². The second-order valence-corrected chi connectivity index (χ2v) is 7.90. The fourth-order valence-corrected chi connectivity index (χ4v) is 2.77. The van der Waals surface area contributed by atoms with Gasteiger partial charge >= 0.3 is 5.97 Å². The molecule has 184 valence electrons. The van der Waals surface area contributed by atoms with Crippen LogP contribution in [0, 0.1) is 5.92 Å². The van der Waals surface area contributed by atoms with Gasteiger partial charge in [0.2, 0.25) is 23.6 Å². The van der Waals surface area contributed by atoms with Crippen molar-refractivity contribution in [2.75, 3.05) is 13.2 Å². The van der Waals surface area contributed by atoms with Crippen molar-refractivity contribution >= 4 is 29.6 Å². The summed E-state index contributed by atoms with van der Waals surface area (Å²) >= 11 is 0. The van der Waals surface area contributed by atoms with Gasteiger partial charge < -0.3 is 43.4 Å². The zero-order valence-electron chi connectivity index (χ0n) is 18.5. The van der Waals surface area contributed by atoms with Crippen LogP contribution in [0.2, 0.25) is 0 Å². The standard InChI is InChI=1S/C19H36N6O7/c1-10(2)7-13(24-16(28)11(21)9-26)18(30)23-12(5-3-4-6-20)17(29)25-14(19(31)32)8-15(22)27/h10-14,26H,3-9,20-21H2,1-2H3,(H2,22,27)(H,23,30)(H,24,28)(H,25,29)(H,31,32). The molecule has 4 amide bonds. The molecule has 0 aliphatic rings. The molecule has 0 aromatic carbocycles. The molecule has 4 unspecified atom stereocenters. The zero-order valence-corrected chi connectivity index (χ0v) is 18.5. The van der Waals surface area contributed by atoms with E-state index in [0.717, 1.165) is 0 Å². The van der Waals surface area contributed by atoms with Gasteiger partial charge in [-0.1, -0.05) is 13.8 Å². The molecule has 0 heterocycles. The number of nitrogens with two attached hydrogens (primary N) is 3. The summed E-state index contributed by atoms with van der Waals surface area (Å²) in [5.74, 6) is -4.59. The maximum Gasteiger partial charge on any atom is 0.326 e.